The molecule has 0 aliphatic heterocycles. The summed E-state index contributed by atoms with van der Waals surface area (Å²) in [7, 11) is 0. The third-order valence-electron chi connectivity index (χ3n) is 2.19. The average molecular weight is 220 g/mol. The second-order valence-corrected chi connectivity index (χ2v) is 5.28. The molecule has 0 radical (unpaired) electrons. The number of hydrogen-bond acceptors (Lipinski definition) is 2. The predicted molar refractivity (Wildman–Crippen MR) is 65.7 cm³/mol. The second-order valence-electron chi connectivity index (χ2n) is 5.28. The van der Waals surface area contributed by atoms with Gasteiger partial charge in [0.1, 0.15) is 5.60 Å². The third kappa shape index (κ3) is 3.69. The van der Waals surface area contributed by atoms with Crippen LogP contribution in [0.1, 0.15) is 56.5 Å². The predicted octanol–water partition coefficient (Wildman–Crippen LogP) is 3.77. The monoisotopic (exact) mass is 220 g/mol. The molecule has 0 saturated heterocycles. The maximum Gasteiger partial charge on any atom is 0.338 e. The molecule has 0 amide bonds. The van der Waals surface area contributed by atoms with Crippen LogP contribution >= 0.6 is 0 Å². The minimum Gasteiger partial charge on any atom is -0.456 e. The molecule has 0 fully saturated rings. The van der Waals surface area contributed by atoms with Crippen LogP contribution in [0.15, 0.2) is 24.3 Å². The van der Waals surface area contributed by atoms with Crippen molar-refractivity contribution in [1.82, 2.24) is 0 Å². The number of ether oxygens (including phenoxy) is 1. The van der Waals surface area contributed by atoms with Gasteiger partial charge in [0.15, 0.2) is 0 Å². The van der Waals surface area contributed by atoms with Gasteiger partial charge in [-0.15, -0.1) is 0 Å². The van der Waals surface area contributed by atoms with Crippen molar-refractivity contribution in [3.05, 3.63) is 35.4 Å². The fourth-order valence-electron chi connectivity index (χ4n) is 1.36. The molecule has 1 rings (SSSR count). The third-order valence-corrected chi connectivity index (χ3v) is 2.19. The first kappa shape index (κ1) is 12.8. The Kier molecular flexibility index (Phi) is 3.74. The lowest BCUT2D eigenvalue weighted by Crippen LogP contribution is -2.23. The van der Waals surface area contributed by atoms with Crippen LogP contribution in [0.4, 0.5) is 0 Å². The summed E-state index contributed by atoms with van der Waals surface area (Å²) in [6.45, 7) is 9.83. The van der Waals surface area contributed by atoms with E-state index < -0.39 is 5.60 Å². The van der Waals surface area contributed by atoms with Crippen molar-refractivity contribution >= 4 is 5.97 Å². The van der Waals surface area contributed by atoms with Crippen LogP contribution in [0.2, 0.25) is 0 Å². The summed E-state index contributed by atoms with van der Waals surface area (Å²) in [6.07, 6.45) is 0. The minimum atomic E-state index is -0.440. The molecular weight excluding hydrogens is 200 g/mol. The lowest BCUT2D eigenvalue weighted by Gasteiger charge is -2.19. The molecular formula is C14H20O2. The zero-order valence-electron chi connectivity index (χ0n) is 10.7. The molecule has 2 nitrogen and oxygen atoms in total. The Hall–Kier alpha value is -1.31. The minimum absolute atomic E-state index is 0.255. The van der Waals surface area contributed by atoms with E-state index in [1.807, 2.05) is 39.0 Å². The van der Waals surface area contributed by atoms with Gasteiger partial charge < -0.3 is 4.74 Å². The fraction of sp³-hybridized carbons (Fsp3) is 0.500. The van der Waals surface area contributed by atoms with E-state index in [0.717, 1.165) is 5.56 Å². The van der Waals surface area contributed by atoms with Crippen LogP contribution in [-0.4, -0.2) is 11.6 Å². The highest BCUT2D eigenvalue weighted by Crippen LogP contribution is 2.18. The summed E-state index contributed by atoms with van der Waals surface area (Å²) >= 11 is 0. The van der Waals surface area contributed by atoms with E-state index in [1.54, 1.807) is 6.07 Å². The van der Waals surface area contributed by atoms with Crippen LogP contribution in [-0.2, 0) is 4.74 Å². The van der Waals surface area contributed by atoms with Crippen molar-refractivity contribution in [1.29, 1.82) is 0 Å². The second kappa shape index (κ2) is 4.69. The molecule has 0 aliphatic rings. The van der Waals surface area contributed by atoms with Gasteiger partial charge in [0, 0.05) is 0 Å². The van der Waals surface area contributed by atoms with Gasteiger partial charge in [-0.05, 0) is 44.4 Å². The van der Waals surface area contributed by atoms with Crippen LogP contribution in [0, 0.1) is 0 Å². The number of benzene rings is 1. The maximum atomic E-state index is 11.8. The van der Waals surface area contributed by atoms with Gasteiger partial charge in [-0.1, -0.05) is 26.0 Å². The van der Waals surface area contributed by atoms with E-state index in [9.17, 15) is 4.79 Å². The highest BCUT2D eigenvalue weighted by Gasteiger charge is 2.18. The molecule has 88 valence electrons. The Bertz CT molecular complexity index is 373. The molecule has 0 atom stereocenters. The van der Waals surface area contributed by atoms with Crippen LogP contribution in [0.5, 0.6) is 0 Å². The molecule has 0 unspecified atom stereocenters. The molecule has 1 aromatic carbocycles. The van der Waals surface area contributed by atoms with Crippen LogP contribution in [0.3, 0.4) is 0 Å². The zero-order valence-corrected chi connectivity index (χ0v) is 10.7. The van der Waals surface area contributed by atoms with E-state index in [1.165, 1.54) is 0 Å². The van der Waals surface area contributed by atoms with Gasteiger partial charge >= 0.3 is 5.97 Å². The molecule has 2 heteroatoms. The quantitative estimate of drug-likeness (QED) is 0.709. The highest BCUT2D eigenvalue weighted by atomic mass is 16.6. The molecule has 16 heavy (non-hydrogen) atoms. The largest absolute Gasteiger partial charge is 0.456 e. The zero-order chi connectivity index (χ0) is 12.3. The topological polar surface area (TPSA) is 26.3 Å². The van der Waals surface area contributed by atoms with Gasteiger partial charge in [-0.3, -0.25) is 0 Å². The molecule has 1 aromatic rings. The van der Waals surface area contributed by atoms with Crippen molar-refractivity contribution in [2.24, 2.45) is 0 Å². The van der Waals surface area contributed by atoms with Crippen LogP contribution in [0.25, 0.3) is 0 Å². The van der Waals surface area contributed by atoms with E-state index in [-0.39, 0.29) is 5.97 Å². The first-order valence-electron chi connectivity index (χ1n) is 5.63. The first-order chi connectivity index (χ1) is 7.29. The number of esters is 1. The lowest BCUT2D eigenvalue weighted by molar-refractivity contribution is 0.00694. The van der Waals surface area contributed by atoms with E-state index in [0.29, 0.717) is 11.5 Å². The van der Waals surface area contributed by atoms with Crippen LogP contribution < -0.4 is 0 Å². The lowest BCUT2D eigenvalue weighted by atomic mass is 10.0. The Morgan fingerprint density at radius 2 is 1.88 bits per heavy atom. The van der Waals surface area contributed by atoms with E-state index in [2.05, 4.69) is 13.8 Å². The standard InChI is InChI=1S/C14H20O2/c1-10(2)11-7-6-8-12(9-11)13(15)16-14(3,4)5/h6-10H,1-5H3. The summed E-state index contributed by atoms with van der Waals surface area (Å²) in [4.78, 5) is 11.8. The van der Waals surface area contributed by atoms with Gasteiger partial charge in [0.05, 0.1) is 5.56 Å². The maximum absolute atomic E-state index is 11.8. The Labute approximate surface area is 97.6 Å². The Balaban J connectivity index is 2.88. The molecule has 0 spiro atoms. The molecule has 0 bridgehead atoms. The normalized spacial score (nSPS) is 11.6. The number of carbonyl (C=O) groups excluding carboxylic acids is 1. The number of rotatable bonds is 2. The Morgan fingerprint density at radius 1 is 1.25 bits per heavy atom. The van der Waals surface area contributed by atoms with Crippen molar-refractivity contribution in [2.45, 2.75) is 46.1 Å². The highest BCUT2D eigenvalue weighted by molar-refractivity contribution is 5.89. The summed E-state index contributed by atoms with van der Waals surface area (Å²) in [5.41, 5.74) is 1.34. The first-order valence-corrected chi connectivity index (χ1v) is 5.63. The van der Waals surface area contributed by atoms with Crippen molar-refractivity contribution in [3.63, 3.8) is 0 Å². The smallest absolute Gasteiger partial charge is 0.338 e. The number of carbonyl (C=O) groups is 1. The summed E-state index contributed by atoms with van der Waals surface area (Å²) in [5, 5.41) is 0. The molecule has 0 saturated carbocycles. The molecule has 0 N–H and O–H groups in total. The fourth-order valence-corrected chi connectivity index (χ4v) is 1.36. The van der Waals surface area contributed by atoms with Crippen molar-refractivity contribution < 1.29 is 9.53 Å². The summed E-state index contributed by atoms with van der Waals surface area (Å²) in [5.74, 6) is 0.164. The van der Waals surface area contributed by atoms with Crippen molar-refractivity contribution in [2.75, 3.05) is 0 Å². The molecule has 0 aromatic heterocycles. The van der Waals surface area contributed by atoms with Gasteiger partial charge in [-0.2, -0.15) is 0 Å². The van der Waals surface area contributed by atoms with Gasteiger partial charge in [0.25, 0.3) is 0 Å². The molecule has 0 aliphatic carbocycles. The van der Waals surface area contributed by atoms with E-state index >= 15 is 0 Å². The van der Waals surface area contributed by atoms with Gasteiger partial charge in [0.2, 0.25) is 0 Å². The Morgan fingerprint density at radius 3 is 2.38 bits per heavy atom. The van der Waals surface area contributed by atoms with Crippen molar-refractivity contribution in [3.8, 4) is 0 Å². The van der Waals surface area contributed by atoms with Gasteiger partial charge in [-0.25, -0.2) is 4.79 Å². The SMILES string of the molecule is CC(C)c1cccc(C(=O)OC(C)(C)C)c1. The van der Waals surface area contributed by atoms with E-state index in [4.69, 9.17) is 4.74 Å². The molecule has 0 heterocycles. The average Bonchev–Trinajstić information content (AvgIpc) is 2.15. The summed E-state index contributed by atoms with van der Waals surface area (Å²) in [6, 6.07) is 7.62. The number of hydrogen-bond donors (Lipinski definition) is 0. The summed E-state index contributed by atoms with van der Waals surface area (Å²) < 4.78 is 5.32.